The Hall–Kier alpha value is -2.96. The van der Waals surface area contributed by atoms with Gasteiger partial charge < -0.3 is 5.11 Å². The summed E-state index contributed by atoms with van der Waals surface area (Å²) < 4.78 is 1.31. The molecular weight excluding hydrogens is 401 g/mol. The lowest BCUT2D eigenvalue weighted by Crippen LogP contribution is -2.19. The minimum absolute atomic E-state index is 0.171. The number of carbonyl (C=O) groups excluding carboxylic acids is 1. The van der Waals surface area contributed by atoms with Crippen molar-refractivity contribution in [2.75, 3.05) is 6.54 Å². The summed E-state index contributed by atoms with van der Waals surface area (Å²) in [6, 6.07) is 11.2. The van der Waals surface area contributed by atoms with Crippen LogP contribution in [-0.2, 0) is 6.42 Å². The van der Waals surface area contributed by atoms with E-state index in [1.54, 1.807) is 36.5 Å². The second-order valence-electron chi connectivity index (χ2n) is 6.19. The van der Waals surface area contributed by atoms with Crippen LogP contribution in [0.25, 0.3) is 11.3 Å². The number of carbonyl (C=O) groups is 2. The Morgan fingerprint density at radius 2 is 1.71 bits per heavy atom. The fourth-order valence-electron chi connectivity index (χ4n) is 3.13. The number of carboxylic acid groups (broad SMARTS) is 1. The molecule has 140 valence electrons. The van der Waals surface area contributed by atoms with E-state index in [1.807, 2.05) is 0 Å². The van der Waals surface area contributed by atoms with E-state index < -0.39 is 11.9 Å². The fraction of sp³-hybridized carbons (Fsp3) is 0.100. The molecule has 4 rings (SSSR count). The highest BCUT2D eigenvalue weighted by atomic mass is 35.5. The molecule has 2 heterocycles. The van der Waals surface area contributed by atoms with Crippen molar-refractivity contribution in [1.82, 2.24) is 9.78 Å². The van der Waals surface area contributed by atoms with E-state index in [2.05, 4.69) is 10.1 Å². The minimum Gasteiger partial charge on any atom is -0.478 e. The first-order chi connectivity index (χ1) is 13.5. The highest BCUT2D eigenvalue weighted by Crippen LogP contribution is 2.30. The average Bonchev–Trinajstić information content (AvgIpc) is 3.07. The zero-order valence-electron chi connectivity index (χ0n) is 14.4. The van der Waals surface area contributed by atoms with Gasteiger partial charge in [-0.15, -0.1) is 0 Å². The van der Waals surface area contributed by atoms with Gasteiger partial charge in [-0.3, -0.25) is 9.79 Å². The van der Waals surface area contributed by atoms with E-state index in [-0.39, 0.29) is 21.2 Å². The number of aliphatic imine (C=N–C) groups is 1. The maximum Gasteiger partial charge on any atom is 0.335 e. The number of hydrogen-bond donors (Lipinski definition) is 1. The van der Waals surface area contributed by atoms with Crippen molar-refractivity contribution in [3.8, 4) is 11.3 Å². The van der Waals surface area contributed by atoms with Crippen LogP contribution in [-0.4, -0.2) is 39.5 Å². The normalized spacial score (nSPS) is 12.6. The van der Waals surface area contributed by atoms with Gasteiger partial charge in [0.2, 0.25) is 0 Å². The van der Waals surface area contributed by atoms with Gasteiger partial charge in [-0.25, -0.2) is 4.79 Å². The number of hydrogen-bond acceptors (Lipinski definition) is 4. The van der Waals surface area contributed by atoms with Crippen LogP contribution in [0.5, 0.6) is 0 Å². The van der Waals surface area contributed by atoms with Crippen molar-refractivity contribution in [1.29, 1.82) is 0 Å². The summed E-state index contributed by atoms with van der Waals surface area (Å²) in [5.41, 5.74) is 3.04. The Balaban J connectivity index is 1.85. The lowest BCUT2D eigenvalue weighted by atomic mass is 10.0. The third kappa shape index (κ3) is 3.10. The second kappa shape index (κ2) is 7.22. The summed E-state index contributed by atoms with van der Waals surface area (Å²) in [6.07, 6.45) is 2.23. The molecule has 0 atom stereocenters. The van der Waals surface area contributed by atoms with Crippen LogP contribution < -0.4 is 0 Å². The van der Waals surface area contributed by atoms with Crippen molar-refractivity contribution in [3.63, 3.8) is 0 Å². The topological polar surface area (TPSA) is 84.5 Å². The molecular formula is C20H13Cl2N3O3. The number of rotatable bonds is 3. The maximum absolute atomic E-state index is 13.2. The SMILES string of the molecule is O=C(O)c1ccc(-c2nn(C(=O)c3c(Cl)cccc3Cl)c3c2C=NCC3)cc1. The van der Waals surface area contributed by atoms with Gasteiger partial charge in [0.15, 0.2) is 0 Å². The van der Waals surface area contributed by atoms with Crippen LogP contribution in [0, 0.1) is 0 Å². The monoisotopic (exact) mass is 413 g/mol. The van der Waals surface area contributed by atoms with Gasteiger partial charge in [-0.05, 0) is 24.3 Å². The number of aromatic nitrogens is 2. The summed E-state index contributed by atoms with van der Waals surface area (Å²) in [5, 5.41) is 14.1. The van der Waals surface area contributed by atoms with Crippen LogP contribution >= 0.6 is 23.2 Å². The Kier molecular flexibility index (Phi) is 4.75. The van der Waals surface area contributed by atoms with Gasteiger partial charge in [0.25, 0.3) is 5.91 Å². The number of aromatic carboxylic acids is 1. The van der Waals surface area contributed by atoms with Gasteiger partial charge in [-0.1, -0.05) is 41.4 Å². The van der Waals surface area contributed by atoms with Crippen LogP contribution in [0.2, 0.25) is 10.0 Å². The number of carboxylic acids is 1. The third-order valence-electron chi connectivity index (χ3n) is 4.49. The molecule has 0 saturated carbocycles. The van der Waals surface area contributed by atoms with Gasteiger partial charge in [-0.2, -0.15) is 9.78 Å². The summed E-state index contributed by atoms with van der Waals surface area (Å²) in [4.78, 5) is 28.5. The molecule has 0 spiro atoms. The molecule has 1 aliphatic heterocycles. The molecule has 0 aliphatic carbocycles. The summed E-state index contributed by atoms with van der Waals surface area (Å²) >= 11 is 12.4. The molecule has 1 N–H and O–H groups in total. The van der Waals surface area contributed by atoms with Crippen LogP contribution in [0.1, 0.15) is 32.0 Å². The molecule has 1 aliphatic rings. The van der Waals surface area contributed by atoms with Crippen LogP contribution in [0.15, 0.2) is 47.5 Å². The second-order valence-corrected chi connectivity index (χ2v) is 7.00. The maximum atomic E-state index is 13.2. The van der Waals surface area contributed by atoms with Crippen LogP contribution in [0.3, 0.4) is 0 Å². The molecule has 28 heavy (non-hydrogen) atoms. The predicted octanol–water partition coefficient (Wildman–Crippen LogP) is 4.22. The van der Waals surface area contributed by atoms with E-state index in [0.717, 1.165) is 5.56 Å². The highest BCUT2D eigenvalue weighted by Gasteiger charge is 2.26. The van der Waals surface area contributed by atoms with E-state index in [9.17, 15) is 9.59 Å². The van der Waals surface area contributed by atoms with Gasteiger partial charge >= 0.3 is 5.97 Å². The van der Waals surface area contributed by atoms with E-state index >= 15 is 0 Å². The van der Waals surface area contributed by atoms with Gasteiger partial charge in [0.05, 0.1) is 26.9 Å². The Labute approximate surface area is 170 Å². The molecule has 0 unspecified atom stereocenters. The van der Waals surface area contributed by atoms with Crippen molar-refractivity contribution in [2.45, 2.75) is 6.42 Å². The predicted molar refractivity (Wildman–Crippen MR) is 107 cm³/mol. The summed E-state index contributed by atoms with van der Waals surface area (Å²) in [5.74, 6) is -1.43. The summed E-state index contributed by atoms with van der Waals surface area (Å²) in [6.45, 7) is 0.541. The Morgan fingerprint density at radius 1 is 1.04 bits per heavy atom. The zero-order chi connectivity index (χ0) is 19.8. The van der Waals surface area contributed by atoms with Gasteiger partial charge in [0.1, 0.15) is 5.69 Å². The molecule has 0 fully saturated rings. The van der Waals surface area contributed by atoms with E-state index in [0.29, 0.717) is 29.9 Å². The molecule has 8 heteroatoms. The molecule has 3 aromatic rings. The molecule has 6 nitrogen and oxygen atoms in total. The molecule has 2 aromatic carbocycles. The molecule has 0 bridgehead atoms. The molecule has 1 aromatic heterocycles. The van der Waals surface area contributed by atoms with Crippen molar-refractivity contribution in [3.05, 3.63) is 74.9 Å². The van der Waals surface area contributed by atoms with E-state index in [1.165, 1.54) is 16.8 Å². The molecule has 0 radical (unpaired) electrons. The lowest BCUT2D eigenvalue weighted by Gasteiger charge is -2.10. The molecule has 0 amide bonds. The first-order valence-electron chi connectivity index (χ1n) is 8.41. The number of benzene rings is 2. The third-order valence-corrected chi connectivity index (χ3v) is 5.12. The van der Waals surface area contributed by atoms with Crippen molar-refractivity contribution < 1.29 is 14.7 Å². The number of halogens is 2. The highest BCUT2D eigenvalue weighted by molar-refractivity contribution is 6.39. The van der Waals surface area contributed by atoms with Gasteiger partial charge in [0, 0.05) is 30.3 Å². The fourth-order valence-corrected chi connectivity index (χ4v) is 3.69. The average molecular weight is 414 g/mol. The quantitative estimate of drug-likeness (QED) is 0.696. The standard InChI is InChI=1S/C20H13Cl2N3O3/c21-14-2-1-3-15(22)17(14)19(26)25-16-8-9-23-10-13(16)18(24-25)11-4-6-12(7-5-11)20(27)28/h1-7,10H,8-9H2,(H,27,28). The van der Waals surface area contributed by atoms with E-state index in [4.69, 9.17) is 28.3 Å². The van der Waals surface area contributed by atoms with Crippen molar-refractivity contribution in [2.24, 2.45) is 4.99 Å². The smallest absolute Gasteiger partial charge is 0.335 e. The van der Waals surface area contributed by atoms with Crippen LogP contribution in [0.4, 0.5) is 0 Å². The Bertz CT molecular complexity index is 1110. The van der Waals surface area contributed by atoms with Crippen molar-refractivity contribution >= 4 is 41.3 Å². The Morgan fingerprint density at radius 3 is 2.36 bits per heavy atom. The number of nitrogens with zero attached hydrogens (tertiary/aromatic N) is 3. The number of fused-ring (bicyclic) bond motifs is 1. The zero-order valence-corrected chi connectivity index (χ0v) is 15.9. The minimum atomic E-state index is -1.01. The lowest BCUT2D eigenvalue weighted by molar-refractivity contribution is 0.0696. The molecule has 0 saturated heterocycles. The first-order valence-corrected chi connectivity index (χ1v) is 9.17. The first kappa shape index (κ1) is 18.4. The largest absolute Gasteiger partial charge is 0.478 e. The summed E-state index contributed by atoms with van der Waals surface area (Å²) in [7, 11) is 0.